The molecule has 3 aliphatic rings. The molecule has 4 heteroatoms. The van der Waals surface area contributed by atoms with Crippen LogP contribution in [0.5, 0.6) is 0 Å². The summed E-state index contributed by atoms with van der Waals surface area (Å²) in [6, 6.07) is 0. The Labute approximate surface area is 161 Å². The van der Waals surface area contributed by atoms with E-state index in [4.69, 9.17) is 9.16 Å². The highest BCUT2D eigenvalue weighted by atomic mass is 28.4. The standard InChI is InChI=1S/C22H38O3Si/c1-13(2)22(5,6)26(7,8)25-21-15(4)11-18-20-16(21)10-9-14(3)19(20)17(23)12-24-18/h9-10,13-16,18-21H,11-12H2,1-8H3/t14-,15-,16+,18+,19-,20-,21-/m0/s1. The second-order valence-corrected chi connectivity index (χ2v) is 15.0. The van der Waals surface area contributed by atoms with Crippen molar-refractivity contribution < 1.29 is 14.0 Å². The van der Waals surface area contributed by atoms with Gasteiger partial charge < -0.3 is 9.16 Å². The first-order valence-corrected chi connectivity index (χ1v) is 13.4. The Hall–Kier alpha value is -0.453. The number of rotatable bonds is 4. The predicted octanol–water partition coefficient (Wildman–Crippen LogP) is 5.08. The minimum absolute atomic E-state index is 0.116. The van der Waals surface area contributed by atoms with Crippen LogP contribution in [0.4, 0.5) is 0 Å². The highest BCUT2D eigenvalue weighted by Gasteiger charge is 2.55. The maximum atomic E-state index is 12.6. The van der Waals surface area contributed by atoms with Gasteiger partial charge in [0.15, 0.2) is 14.1 Å². The molecular weight excluding hydrogens is 340 g/mol. The average molecular weight is 379 g/mol. The van der Waals surface area contributed by atoms with Crippen molar-refractivity contribution in [3.63, 3.8) is 0 Å². The van der Waals surface area contributed by atoms with Gasteiger partial charge in [0.2, 0.25) is 0 Å². The van der Waals surface area contributed by atoms with Crippen LogP contribution in [0.1, 0.15) is 48.0 Å². The Morgan fingerprint density at radius 3 is 2.50 bits per heavy atom. The minimum Gasteiger partial charge on any atom is -0.413 e. The van der Waals surface area contributed by atoms with Crippen LogP contribution in [0, 0.1) is 35.5 Å². The lowest BCUT2D eigenvalue weighted by Crippen LogP contribution is -2.60. The Kier molecular flexibility index (Phi) is 5.35. The molecule has 26 heavy (non-hydrogen) atoms. The second-order valence-electron chi connectivity index (χ2n) is 10.4. The van der Waals surface area contributed by atoms with Gasteiger partial charge in [-0.15, -0.1) is 0 Å². The molecule has 2 aliphatic carbocycles. The van der Waals surface area contributed by atoms with Crippen LogP contribution in [-0.2, 0) is 14.0 Å². The summed E-state index contributed by atoms with van der Waals surface area (Å²) in [6.45, 7) is 18.9. The number of hydrogen-bond donors (Lipinski definition) is 0. The molecule has 0 amide bonds. The van der Waals surface area contributed by atoms with Gasteiger partial charge in [0.25, 0.3) is 0 Å². The average Bonchev–Trinajstić information content (AvgIpc) is 2.54. The number of hydrogen-bond acceptors (Lipinski definition) is 3. The van der Waals surface area contributed by atoms with E-state index in [-0.39, 0.29) is 23.2 Å². The molecule has 0 aromatic rings. The van der Waals surface area contributed by atoms with Crippen molar-refractivity contribution >= 4 is 14.1 Å². The topological polar surface area (TPSA) is 35.5 Å². The molecule has 3 nitrogen and oxygen atoms in total. The van der Waals surface area contributed by atoms with Crippen LogP contribution in [-0.4, -0.2) is 32.9 Å². The molecule has 3 rings (SSSR count). The highest BCUT2D eigenvalue weighted by molar-refractivity contribution is 6.74. The quantitative estimate of drug-likeness (QED) is 0.506. The summed E-state index contributed by atoms with van der Waals surface area (Å²) >= 11 is 0. The largest absolute Gasteiger partial charge is 0.413 e. The van der Waals surface area contributed by atoms with Crippen molar-refractivity contribution in [1.29, 1.82) is 0 Å². The fourth-order valence-corrected chi connectivity index (χ4v) is 8.10. The monoisotopic (exact) mass is 378 g/mol. The maximum Gasteiger partial charge on any atom is 0.192 e. The summed E-state index contributed by atoms with van der Waals surface area (Å²) in [6.07, 6.45) is 6.06. The Balaban J connectivity index is 1.91. The molecule has 2 fully saturated rings. The van der Waals surface area contributed by atoms with Crippen molar-refractivity contribution in [2.75, 3.05) is 6.61 Å². The van der Waals surface area contributed by atoms with Gasteiger partial charge in [0, 0.05) is 17.8 Å². The number of ether oxygens (including phenoxy) is 1. The third kappa shape index (κ3) is 3.16. The fraction of sp³-hybridized carbons (Fsp3) is 0.864. The van der Waals surface area contributed by atoms with Gasteiger partial charge in [-0.3, -0.25) is 4.79 Å². The van der Waals surface area contributed by atoms with Gasteiger partial charge in [0.05, 0.1) is 12.2 Å². The third-order valence-corrected chi connectivity index (χ3v) is 12.8. The summed E-state index contributed by atoms with van der Waals surface area (Å²) in [5, 5.41) is 0.202. The number of carbonyl (C=O) groups is 1. The molecule has 0 N–H and O–H groups in total. The first-order chi connectivity index (χ1) is 12.0. The van der Waals surface area contributed by atoms with Gasteiger partial charge in [-0.1, -0.05) is 53.7 Å². The molecular formula is C22H38O3Si. The van der Waals surface area contributed by atoms with Crippen LogP contribution < -0.4 is 0 Å². The second kappa shape index (κ2) is 6.86. The summed E-state index contributed by atoms with van der Waals surface area (Å²) in [7, 11) is -1.93. The van der Waals surface area contributed by atoms with E-state index in [1.807, 2.05) is 0 Å². The number of Topliss-reactive ketones (excluding diaryl/α,β-unsaturated/α-hetero) is 1. The SMILES string of the molecule is CC(C)C(C)(C)[Si](C)(C)O[C@@H]1[C@@H]2C=C[C@H](C)[C@H]3C(=O)CO[C@H](C[C@@H]1C)[C@H]23. The zero-order valence-electron chi connectivity index (χ0n) is 17.9. The van der Waals surface area contributed by atoms with E-state index in [9.17, 15) is 4.79 Å². The van der Waals surface area contributed by atoms with E-state index in [0.717, 1.165) is 6.42 Å². The molecule has 0 bridgehead atoms. The molecule has 148 valence electrons. The van der Waals surface area contributed by atoms with Gasteiger partial charge in [0.1, 0.15) is 6.61 Å². The predicted molar refractivity (Wildman–Crippen MR) is 109 cm³/mol. The van der Waals surface area contributed by atoms with Crippen molar-refractivity contribution in [3.05, 3.63) is 12.2 Å². The van der Waals surface area contributed by atoms with E-state index >= 15 is 0 Å². The smallest absolute Gasteiger partial charge is 0.192 e. The molecule has 0 aromatic carbocycles. The van der Waals surface area contributed by atoms with Crippen molar-refractivity contribution in [2.45, 2.75) is 78.3 Å². The molecule has 1 aliphatic heterocycles. The van der Waals surface area contributed by atoms with Crippen molar-refractivity contribution in [1.82, 2.24) is 0 Å². The number of allylic oxidation sites excluding steroid dienone is 1. The third-order valence-electron chi connectivity index (χ3n) is 8.27. The van der Waals surface area contributed by atoms with Crippen LogP contribution in [0.2, 0.25) is 18.1 Å². The summed E-state index contributed by atoms with van der Waals surface area (Å²) in [5.41, 5.74) is 0. The molecule has 0 radical (unpaired) electrons. The normalized spacial score (nSPS) is 40.7. The number of ketones is 1. The molecule has 1 saturated carbocycles. The minimum atomic E-state index is -1.93. The number of carbonyl (C=O) groups excluding carboxylic acids is 1. The van der Waals surface area contributed by atoms with E-state index in [1.165, 1.54) is 0 Å². The van der Waals surface area contributed by atoms with Crippen LogP contribution in [0.25, 0.3) is 0 Å². The molecule has 0 aromatic heterocycles. The van der Waals surface area contributed by atoms with Gasteiger partial charge in [-0.2, -0.15) is 0 Å². The van der Waals surface area contributed by atoms with E-state index < -0.39 is 8.32 Å². The first kappa shape index (κ1) is 20.3. The van der Waals surface area contributed by atoms with Crippen LogP contribution >= 0.6 is 0 Å². The summed E-state index contributed by atoms with van der Waals surface area (Å²) in [5.74, 6) is 2.38. The lowest BCUT2D eigenvalue weighted by Gasteiger charge is -2.55. The van der Waals surface area contributed by atoms with Gasteiger partial charge in [-0.25, -0.2) is 0 Å². The van der Waals surface area contributed by atoms with E-state index in [2.05, 4.69) is 66.8 Å². The van der Waals surface area contributed by atoms with Crippen molar-refractivity contribution in [3.8, 4) is 0 Å². The summed E-state index contributed by atoms with van der Waals surface area (Å²) in [4.78, 5) is 12.6. The summed E-state index contributed by atoms with van der Waals surface area (Å²) < 4.78 is 13.0. The molecule has 0 unspecified atom stereocenters. The molecule has 1 saturated heterocycles. The molecule has 1 heterocycles. The first-order valence-electron chi connectivity index (χ1n) is 10.5. The van der Waals surface area contributed by atoms with E-state index in [0.29, 0.717) is 42.0 Å². The fourth-order valence-electron chi connectivity index (χ4n) is 5.34. The lowest BCUT2D eigenvalue weighted by atomic mass is 9.59. The molecule has 0 spiro atoms. The van der Waals surface area contributed by atoms with Crippen LogP contribution in [0.3, 0.4) is 0 Å². The maximum absolute atomic E-state index is 12.6. The zero-order chi connectivity index (χ0) is 19.4. The lowest BCUT2D eigenvalue weighted by molar-refractivity contribution is -0.167. The van der Waals surface area contributed by atoms with Crippen molar-refractivity contribution in [2.24, 2.45) is 35.5 Å². The van der Waals surface area contributed by atoms with Crippen LogP contribution in [0.15, 0.2) is 12.2 Å². The van der Waals surface area contributed by atoms with Gasteiger partial charge >= 0.3 is 0 Å². The molecule has 7 atom stereocenters. The van der Waals surface area contributed by atoms with Gasteiger partial charge in [-0.05, 0) is 42.3 Å². The Morgan fingerprint density at radius 1 is 1.23 bits per heavy atom. The Bertz CT molecular complexity index is 580. The highest BCUT2D eigenvalue weighted by Crippen LogP contribution is 2.52. The zero-order valence-corrected chi connectivity index (χ0v) is 18.9. The van der Waals surface area contributed by atoms with E-state index in [1.54, 1.807) is 0 Å². The Morgan fingerprint density at radius 2 is 1.88 bits per heavy atom.